The van der Waals surface area contributed by atoms with Crippen molar-refractivity contribution in [2.24, 2.45) is 7.05 Å². The molecule has 0 aliphatic heterocycles. The number of hydrogen-bond acceptors (Lipinski definition) is 6. The number of halogens is 1. The van der Waals surface area contributed by atoms with Crippen molar-refractivity contribution in [2.75, 3.05) is 0 Å². The van der Waals surface area contributed by atoms with Crippen molar-refractivity contribution in [3.8, 4) is 16.9 Å². The fraction of sp³-hybridized carbons (Fsp3) is 0.143. The van der Waals surface area contributed by atoms with E-state index in [1.807, 2.05) is 0 Å². The van der Waals surface area contributed by atoms with Gasteiger partial charge in [-0.05, 0) is 31.2 Å². The monoisotopic (exact) mass is 435 g/mol. The fourth-order valence-corrected chi connectivity index (χ4v) is 3.14. The van der Waals surface area contributed by atoms with Gasteiger partial charge in [0.05, 0.1) is 29.8 Å². The lowest BCUT2D eigenvalue weighted by atomic mass is 10.1. The van der Waals surface area contributed by atoms with Gasteiger partial charge in [-0.2, -0.15) is 14.9 Å². The van der Waals surface area contributed by atoms with Crippen molar-refractivity contribution < 1.29 is 4.79 Å². The maximum absolute atomic E-state index is 13.1. The zero-order valence-electron chi connectivity index (χ0n) is 16.7. The highest BCUT2D eigenvalue weighted by atomic mass is 35.5. The molecule has 0 radical (unpaired) electrons. The molecule has 0 spiro atoms. The summed E-state index contributed by atoms with van der Waals surface area (Å²) in [6, 6.07) is 9.73. The number of amides is 1. The van der Waals surface area contributed by atoms with Crippen LogP contribution in [-0.4, -0.2) is 35.4 Å². The normalized spacial score (nSPS) is 11.8. The van der Waals surface area contributed by atoms with Crippen LogP contribution < -0.4 is 10.9 Å². The molecule has 4 rings (SSSR count). The van der Waals surface area contributed by atoms with Crippen molar-refractivity contribution in [3.63, 3.8) is 0 Å². The summed E-state index contributed by atoms with van der Waals surface area (Å²) >= 11 is 5.99. The van der Waals surface area contributed by atoms with Crippen LogP contribution in [-0.2, 0) is 7.05 Å². The molecule has 0 bridgehead atoms. The lowest BCUT2D eigenvalue weighted by Crippen LogP contribution is -2.35. The van der Waals surface area contributed by atoms with Crippen molar-refractivity contribution in [1.29, 1.82) is 0 Å². The highest BCUT2D eigenvalue weighted by Crippen LogP contribution is 2.20. The van der Waals surface area contributed by atoms with Gasteiger partial charge < -0.3 is 5.32 Å². The Bertz CT molecular complexity index is 1280. The van der Waals surface area contributed by atoms with Crippen LogP contribution in [0.4, 0.5) is 0 Å². The predicted molar refractivity (Wildman–Crippen MR) is 115 cm³/mol. The minimum atomic E-state index is -0.557. The zero-order valence-corrected chi connectivity index (χ0v) is 17.5. The van der Waals surface area contributed by atoms with Gasteiger partial charge in [-0.15, -0.1) is 0 Å². The maximum Gasteiger partial charge on any atom is 0.284 e. The van der Waals surface area contributed by atoms with Gasteiger partial charge in [-0.25, -0.2) is 9.97 Å². The van der Waals surface area contributed by atoms with Gasteiger partial charge in [-0.1, -0.05) is 23.7 Å². The SMILES string of the molecule is C[C@H](NC(=O)c1cc(-c2ccc(Cl)cc2)nn(-c2cnn(C)c2)c1=O)c1ccncn1. The zero-order chi connectivity index (χ0) is 22.0. The van der Waals surface area contributed by atoms with Gasteiger partial charge in [0.15, 0.2) is 0 Å². The summed E-state index contributed by atoms with van der Waals surface area (Å²) in [6.45, 7) is 1.78. The Balaban J connectivity index is 1.78. The first-order valence-electron chi connectivity index (χ1n) is 9.38. The Labute approximate surface area is 182 Å². The molecule has 4 aromatic rings. The fourth-order valence-electron chi connectivity index (χ4n) is 3.02. The number of carbonyl (C=O) groups excluding carboxylic acids is 1. The van der Waals surface area contributed by atoms with E-state index in [4.69, 9.17) is 11.6 Å². The van der Waals surface area contributed by atoms with E-state index in [9.17, 15) is 9.59 Å². The third-order valence-corrected chi connectivity index (χ3v) is 4.88. The summed E-state index contributed by atoms with van der Waals surface area (Å²) in [4.78, 5) is 34.2. The van der Waals surface area contributed by atoms with Crippen molar-refractivity contribution in [1.82, 2.24) is 34.8 Å². The summed E-state index contributed by atoms with van der Waals surface area (Å²) in [7, 11) is 1.73. The van der Waals surface area contributed by atoms with E-state index < -0.39 is 17.5 Å². The summed E-state index contributed by atoms with van der Waals surface area (Å²) in [5.74, 6) is -0.536. The Morgan fingerprint density at radius 3 is 2.61 bits per heavy atom. The molecule has 0 fully saturated rings. The number of hydrogen-bond donors (Lipinski definition) is 1. The third-order valence-electron chi connectivity index (χ3n) is 4.63. The molecular formula is C21H18ClN7O2. The van der Waals surface area contributed by atoms with Crippen LogP contribution in [0.2, 0.25) is 5.02 Å². The number of aromatic nitrogens is 6. The molecule has 0 aliphatic rings. The van der Waals surface area contributed by atoms with Crippen LogP contribution in [0.15, 0.2) is 66.1 Å². The highest BCUT2D eigenvalue weighted by molar-refractivity contribution is 6.30. The largest absolute Gasteiger partial charge is 0.344 e. The molecule has 156 valence electrons. The molecule has 0 unspecified atom stereocenters. The molecule has 0 saturated heterocycles. The molecule has 3 heterocycles. The number of rotatable bonds is 5. The van der Waals surface area contributed by atoms with Crippen LogP contribution in [0, 0.1) is 0 Å². The number of nitrogens with one attached hydrogen (secondary N) is 1. The van der Waals surface area contributed by atoms with Crippen LogP contribution in [0.25, 0.3) is 16.9 Å². The number of nitrogens with zero attached hydrogens (tertiary/aromatic N) is 6. The standard InChI is InChI=1S/C21H18ClN7O2/c1-13(18-7-8-23-12-24-18)26-20(30)17-9-19(14-3-5-15(22)6-4-14)27-29(21(17)31)16-10-25-28(2)11-16/h3-13H,1-2H3,(H,26,30)/t13-/m0/s1. The lowest BCUT2D eigenvalue weighted by molar-refractivity contribution is 0.0937. The van der Waals surface area contributed by atoms with Gasteiger partial charge in [0.1, 0.15) is 17.6 Å². The Morgan fingerprint density at radius 2 is 1.97 bits per heavy atom. The first-order chi connectivity index (χ1) is 14.9. The van der Waals surface area contributed by atoms with E-state index in [2.05, 4.69) is 25.5 Å². The van der Waals surface area contributed by atoms with E-state index in [1.54, 1.807) is 61.4 Å². The molecule has 31 heavy (non-hydrogen) atoms. The van der Waals surface area contributed by atoms with Gasteiger partial charge in [0.2, 0.25) is 0 Å². The topological polar surface area (TPSA) is 108 Å². The number of carbonyl (C=O) groups is 1. The molecular weight excluding hydrogens is 418 g/mol. The second-order valence-electron chi connectivity index (χ2n) is 6.87. The number of benzene rings is 1. The van der Waals surface area contributed by atoms with Gasteiger partial charge in [0, 0.05) is 23.8 Å². The summed E-state index contributed by atoms with van der Waals surface area (Å²) in [5.41, 5.74) is 1.62. The van der Waals surface area contributed by atoms with Gasteiger partial charge >= 0.3 is 0 Å². The molecule has 1 amide bonds. The lowest BCUT2D eigenvalue weighted by Gasteiger charge is -2.14. The van der Waals surface area contributed by atoms with E-state index in [-0.39, 0.29) is 5.56 Å². The Hall–Kier alpha value is -3.85. The number of aryl methyl sites for hydroxylation is 1. The van der Waals surface area contributed by atoms with Crippen molar-refractivity contribution >= 4 is 17.5 Å². The predicted octanol–water partition coefficient (Wildman–Crippen LogP) is 2.57. The Kier molecular flexibility index (Phi) is 5.59. The second kappa shape index (κ2) is 8.49. The molecule has 0 aliphatic carbocycles. The molecule has 1 atom stereocenters. The Morgan fingerprint density at radius 1 is 1.19 bits per heavy atom. The first-order valence-corrected chi connectivity index (χ1v) is 9.76. The molecule has 9 nitrogen and oxygen atoms in total. The van der Waals surface area contributed by atoms with Gasteiger partial charge in [-0.3, -0.25) is 14.3 Å². The quantitative estimate of drug-likeness (QED) is 0.516. The molecule has 1 N–H and O–H groups in total. The minimum Gasteiger partial charge on any atom is -0.344 e. The van der Waals surface area contributed by atoms with Crippen molar-refractivity contribution in [3.05, 3.63) is 87.9 Å². The summed E-state index contributed by atoms with van der Waals surface area (Å²) < 4.78 is 2.72. The smallest absolute Gasteiger partial charge is 0.284 e. The summed E-state index contributed by atoms with van der Waals surface area (Å²) in [6.07, 6.45) is 6.14. The summed E-state index contributed by atoms with van der Waals surface area (Å²) in [5, 5.41) is 11.9. The van der Waals surface area contributed by atoms with Gasteiger partial charge in [0.25, 0.3) is 11.5 Å². The van der Waals surface area contributed by atoms with Crippen molar-refractivity contribution in [2.45, 2.75) is 13.0 Å². The average molecular weight is 436 g/mol. The first kappa shape index (κ1) is 20.4. The second-order valence-corrected chi connectivity index (χ2v) is 7.31. The van der Waals surface area contributed by atoms with Crippen LogP contribution in [0.3, 0.4) is 0 Å². The third kappa shape index (κ3) is 4.36. The molecule has 1 aromatic carbocycles. The molecule has 10 heteroatoms. The average Bonchev–Trinajstić information content (AvgIpc) is 3.21. The van der Waals surface area contributed by atoms with E-state index in [0.717, 1.165) is 0 Å². The van der Waals surface area contributed by atoms with E-state index >= 15 is 0 Å². The van der Waals surface area contributed by atoms with Crippen LogP contribution >= 0.6 is 11.6 Å². The van der Waals surface area contributed by atoms with Crippen LogP contribution in [0.5, 0.6) is 0 Å². The molecule has 0 saturated carbocycles. The highest BCUT2D eigenvalue weighted by Gasteiger charge is 2.20. The van der Waals surface area contributed by atoms with E-state index in [1.165, 1.54) is 23.3 Å². The van der Waals surface area contributed by atoms with E-state index in [0.29, 0.717) is 27.7 Å². The minimum absolute atomic E-state index is 0.0512. The van der Waals surface area contributed by atoms with Crippen LogP contribution in [0.1, 0.15) is 29.0 Å². The maximum atomic E-state index is 13.1. The molecule has 3 aromatic heterocycles.